The molecular formula is C22H18N2O. The lowest BCUT2D eigenvalue weighted by Crippen LogP contribution is -1.96. The summed E-state index contributed by atoms with van der Waals surface area (Å²) in [5, 5.41) is 0. The maximum Gasteiger partial charge on any atom is 0.118 e. The molecule has 3 aromatic carbocycles. The van der Waals surface area contributed by atoms with Crippen molar-refractivity contribution < 1.29 is 4.74 Å². The Bertz CT molecular complexity index is 1030. The fraction of sp³-hybridized carbons (Fsp3) is 0.0909. The summed E-state index contributed by atoms with van der Waals surface area (Å²) in [5.74, 6) is 0.828. The minimum atomic E-state index is 0.828. The molecule has 1 heterocycles. The second-order valence-corrected chi connectivity index (χ2v) is 6.01. The van der Waals surface area contributed by atoms with Gasteiger partial charge in [0.2, 0.25) is 0 Å². The van der Waals surface area contributed by atoms with Crippen molar-refractivity contribution in [1.29, 1.82) is 0 Å². The highest BCUT2D eigenvalue weighted by Gasteiger charge is 2.13. The smallest absolute Gasteiger partial charge is 0.118 e. The predicted octanol–water partition coefficient (Wildman–Crippen LogP) is 5.28. The topological polar surface area (TPSA) is 35.0 Å². The highest BCUT2D eigenvalue weighted by atomic mass is 16.5. The molecule has 0 aliphatic carbocycles. The molecule has 0 aliphatic rings. The Balaban J connectivity index is 1.98. The van der Waals surface area contributed by atoms with Gasteiger partial charge in [-0.15, -0.1) is 0 Å². The molecule has 0 saturated heterocycles. The minimum absolute atomic E-state index is 0.828. The number of fused-ring (bicyclic) bond motifs is 1. The van der Waals surface area contributed by atoms with Gasteiger partial charge < -0.3 is 4.74 Å². The Kier molecular flexibility index (Phi) is 3.90. The number of rotatable bonds is 3. The lowest BCUT2D eigenvalue weighted by Gasteiger charge is -2.11. The molecule has 0 bridgehead atoms. The highest BCUT2D eigenvalue weighted by molar-refractivity contribution is 5.86. The maximum absolute atomic E-state index is 5.27. The second kappa shape index (κ2) is 6.36. The third kappa shape index (κ3) is 2.96. The molecule has 0 atom stereocenters. The monoisotopic (exact) mass is 326 g/mol. The first kappa shape index (κ1) is 15.3. The van der Waals surface area contributed by atoms with Crippen molar-refractivity contribution in [2.45, 2.75) is 6.92 Å². The molecule has 3 heteroatoms. The summed E-state index contributed by atoms with van der Waals surface area (Å²) in [4.78, 5) is 9.85. The van der Waals surface area contributed by atoms with Gasteiger partial charge in [-0.2, -0.15) is 0 Å². The van der Waals surface area contributed by atoms with Crippen LogP contribution >= 0.6 is 0 Å². The van der Waals surface area contributed by atoms with Crippen molar-refractivity contribution in [2.75, 3.05) is 7.11 Å². The SMILES string of the molecule is COc1ccc(-c2nc3ccc(C)cc3nc2-c2ccccc2)cc1. The van der Waals surface area contributed by atoms with Crippen LogP contribution in [0.15, 0.2) is 72.8 Å². The zero-order chi connectivity index (χ0) is 17.2. The summed E-state index contributed by atoms with van der Waals surface area (Å²) in [7, 11) is 1.67. The van der Waals surface area contributed by atoms with Crippen molar-refractivity contribution in [3.63, 3.8) is 0 Å². The first-order valence-corrected chi connectivity index (χ1v) is 8.23. The molecule has 4 aromatic rings. The maximum atomic E-state index is 5.27. The van der Waals surface area contributed by atoms with Crippen molar-refractivity contribution in [1.82, 2.24) is 9.97 Å². The Labute approximate surface area is 147 Å². The van der Waals surface area contributed by atoms with Crippen LogP contribution in [-0.2, 0) is 0 Å². The van der Waals surface area contributed by atoms with Crippen LogP contribution in [0.2, 0.25) is 0 Å². The summed E-state index contributed by atoms with van der Waals surface area (Å²) >= 11 is 0. The van der Waals surface area contributed by atoms with Crippen LogP contribution in [0.1, 0.15) is 5.56 Å². The molecular weight excluding hydrogens is 308 g/mol. The summed E-state index contributed by atoms with van der Waals surface area (Å²) in [5.41, 5.74) is 6.85. The summed E-state index contributed by atoms with van der Waals surface area (Å²) in [6.07, 6.45) is 0. The van der Waals surface area contributed by atoms with Gasteiger partial charge in [0.25, 0.3) is 0 Å². The van der Waals surface area contributed by atoms with Crippen LogP contribution in [0.4, 0.5) is 0 Å². The number of hydrogen-bond donors (Lipinski definition) is 0. The van der Waals surface area contributed by atoms with Crippen LogP contribution in [0.25, 0.3) is 33.5 Å². The molecule has 0 saturated carbocycles. The first-order valence-electron chi connectivity index (χ1n) is 8.23. The largest absolute Gasteiger partial charge is 0.497 e. The van der Waals surface area contributed by atoms with Crippen molar-refractivity contribution in [3.05, 3.63) is 78.4 Å². The van der Waals surface area contributed by atoms with Gasteiger partial charge in [-0.05, 0) is 48.9 Å². The van der Waals surface area contributed by atoms with E-state index in [1.54, 1.807) is 7.11 Å². The molecule has 0 fully saturated rings. The van der Waals surface area contributed by atoms with Crippen LogP contribution in [0.3, 0.4) is 0 Å². The third-order valence-corrected chi connectivity index (χ3v) is 4.23. The van der Waals surface area contributed by atoms with E-state index < -0.39 is 0 Å². The van der Waals surface area contributed by atoms with Gasteiger partial charge in [0.05, 0.1) is 29.5 Å². The molecule has 1 aromatic heterocycles. The summed E-state index contributed by atoms with van der Waals surface area (Å²) < 4.78 is 5.27. The highest BCUT2D eigenvalue weighted by Crippen LogP contribution is 2.31. The van der Waals surface area contributed by atoms with Gasteiger partial charge in [0.15, 0.2) is 0 Å². The molecule has 25 heavy (non-hydrogen) atoms. The Morgan fingerprint density at radius 2 is 1.32 bits per heavy atom. The number of methoxy groups -OCH3 is 1. The van der Waals surface area contributed by atoms with Crippen molar-refractivity contribution >= 4 is 11.0 Å². The number of benzene rings is 3. The lowest BCUT2D eigenvalue weighted by molar-refractivity contribution is 0.415. The van der Waals surface area contributed by atoms with E-state index in [2.05, 4.69) is 31.2 Å². The number of aromatic nitrogens is 2. The van der Waals surface area contributed by atoms with E-state index in [-0.39, 0.29) is 0 Å². The third-order valence-electron chi connectivity index (χ3n) is 4.23. The number of nitrogens with zero attached hydrogens (tertiary/aromatic N) is 2. The van der Waals surface area contributed by atoms with Gasteiger partial charge in [0, 0.05) is 11.1 Å². The Morgan fingerprint density at radius 3 is 2.00 bits per heavy atom. The van der Waals surface area contributed by atoms with Gasteiger partial charge in [-0.3, -0.25) is 0 Å². The van der Waals surface area contributed by atoms with E-state index in [1.807, 2.05) is 48.5 Å². The second-order valence-electron chi connectivity index (χ2n) is 6.01. The van der Waals surface area contributed by atoms with Gasteiger partial charge in [-0.1, -0.05) is 36.4 Å². The molecule has 0 radical (unpaired) electrons. The molecule has 4 rings (SSSR count). The average Bonchev–Trinajstić information content (AvgIpc) is 2.68. The van der Waals surface area contributed by atoms with Gasteiger partial charge in [0.1, 0.15) is 5.75 Å². The van der Waals surface area contributed by atoms with E-state index in [0.717, 1.165) is 39.3 Å². The van der Waals surface area contributed by atoms with Gasteiger partial charge >= 0.3 is 0 Å². The van der Waals surface area contributed by atoms with Crippen LogP contribution in [0, 0.1) is 6.92 Å². The molecule has 3 nitrogen and oxygen atoms in total. The first-order chi connectivity index (χ1) is 12.2. The number of aryl methyl sites for hydroxylation is 1. The predicted molar refractivity (Wildman–Crippen MR) is 102 cm³/mol. The van der Waals surface area contributed by atoms with Crippen LogP contribution in [-0.4, -0.2) is 17.1 Å². The van der Waals surface area contributed by atoms with Gasteiger partial charge in [-0.25, -0.2) is 9.97 Å². The van der Waals surface area contributed by atoms with E-state index in [0.29, 0.717) is 0 Å². The van der Waals surface area contributed by atoms with Crippen LogP contribution < -0.4 is 4.74 Å². The molecule has 122 valence electrons. The summed E-state index contributed by atoms with van der Waals surface area (Å²) in [6.45, 7) is 2.07. The quantitative estimate of drug-likeness (QED) is 0.514. The lowest BCUT2D eigenvalue weighted by atomic mass is 10.0. The Hall–Kier alpha value is -3.20. The number of ether oxygens (including phenoxy) is 1. The fourth-order valence-electron chi connectivity index (χ4n) is 2.91. The molecule has 0 unspecified atom stereocenters. The zero-order valence-corrected chi connectivity index (χ0v) is 14.2. The van der Waals surface area contributed by atoms with E-state index in [4.69, 9.17) is 14.7 Å². The molecule has 0 spiro atoms. The standard InChI is InChI=1S/C22H18N2O/c1-15-8-13-19-20(14-15)24-21(16-6-4-3-5-7-16)22(23-19)17-9-11-18(25-2)12-10-17/h3-14H,1-2H3. The van der Waals surface area contributed by atoms with Crippen molar-refractivity contribution in [2.24, 2.45) is 0 Å². The Morgan fingerprint density at radius 1 is 0.680 bits per heavy atom. The molecule has 0 aliphatic heterocycles. The summed E-state index contributed by atoms with van der Waals surface area (Å²) in [6, 6.07) is 24.3. The van der Waals surface area contributed by atoms with Crippen LogP contribution in [0.5, 0.6) is 5.75 Å². The van der Waals surface area contributed by atoms with E-state index >= 15 is 0 Å². The van der Waals surface area contributed by atoms with E-state index in [1.165, 1.54) is 5.56 Å². The number of hydrogen-bond acceptors (Lipinski definition) is 3. The average molecular weight is 326 g/mol. The minimum Gasteiger partial charge on any atom is -0.497 e. The normalized spacial score (nSPS) is 10.8. The van der Waals surface area contributed by atoms with Crippen molar-refractivity contribution in [3.8, 4) is 28.3 Å². The van der Waals surface area contributed by atoms with E-state index in [9.17, 15) is 0 Å². The molecule has 0 amide bonds. The fourth-order valence-corrected chi connectivity index (χ4v) is 2.91. The zero-order valence-electron chi connectivity index (χ0n) is 14.2. The molecule has 0 N–H and O–H groups in total.